The van der Waals surface area contributed by atoms with Crippen LogP contribution in [-0.2, 0) is 11.3 Å². The van der Waals surface area contributed by atoms with E-state index >= 15 is 0 Å². The van der Waals surface area contributed by atoms with Crippen molar-refractivity contribution in [3.8, 4) is 16.9 Å². The van der Waals surface area contributed by atoms with Gasteiger partial charge in [-0.3, -0.25) is 14.6 Å². The average molecular weight is 403 g/mol. The number of methoxy groups -OCH3 is 1. The van der Waals surface area contributed by atoms with Crippen LogP contribution in [0, 0.1) is 0 Å². The van der Waals surface area contributed by atoms with Crippen molar-refractivity contribution >= 4 is 17.5 Å². The molecule has 0 aliphatic rings. The molecule has 0 unspecified atom stereocenters. The van der Waals surface area contributed by atoms with Crippen molar-refractivity contribution in [3.63, 3.8) is 0 Å². The highest BCUT2D eigenvalue weighted by atomic mass is 16.5. The van der Waals surface area contributed by atoms with Crippen LogP contribution in [0.1, 0.15) is 29.3 Å². The molecule has 3 aromatic rings. The smallest absolute Gasteiger partial charge is 0.251 e. The molecule has 154 valence electrons. The third-order valence-corrected chi connectivity index (χ3v) is 4.88. The summed E-state index contributed by atoms with van der Waals surface area (Å²) < 4.78 is 5.53. The zero-order valence-electron chi connectivity index (χ0n) is 17.4. The molecule has 3 rings (SSSR count). The molecule has 2 aromatic carbocycles. The highest BCUT2D eigenvalue weighted by Crippen LogP contribution is 2.32. The van der Waals surface area contributed by atoms with Crippen molar-refractivity contribution in [2.45, 2.75) is 19.9 Å². The van der Waals surface area contributed by atoms with Gasteiger partial charge in [0, 0.05) is 49.2 Å². The van der Waals surface area contributed by atoms with Gasteiger partial charge in [-0.1, -0.05) is 25.1 Å². The first kappa shape index (κ1) is 21.0. The van der Waals surface area contributed by atoms with Gasteiger partial charge in [0.05, 0.1) is 7.11 Å². The third kappa shape index (κ3) is 4.84. The number of nitrogens with one attached hydrogen (secondary N) is 1. The summed E-state index contributed by atoms with van der Waals surface area (Å²) in [5.41, 5.74) is 4.09. The number of anilines is 1. The highest BCUT2D eigenvalue weighted by Gasteiger charge is 2.13. The number of aromatic nitrogens is 1. The number of hydrogen-bond acceptors (Lipinski definition) is 4. The lowest BCUT2D eigenvalue weighted by molar-refractivity contribution is -0.118. The van der Waals surface area contributed by atoms with Crippen LogP contribution < -0.4 is 15.0 Å². The van der Waals surface area contributed by atoms with E-state index < -0.39 is 0 Å². The van der Waals surface area contributed by atoms with Crippen molar-refractivity contribution in [1.82, 2.24) is 10.3 Å². The number of carbonyl (C=O) groups excluding carboxylic acids is 2. The minimum absolute atomic E-state index is 0.0574. The zero-order valence-corrected chi connectivity index (χ0v) is 17.4. The molecule has 0 spiro atoms. The second kappa shape index (κ2) is 9.69. The van der Waals surface area contributed by atoms with Gasteiger partial charge in [-0.05, 0) is 47.5 Å². The summed E-state index contributed by atoms with van der Waals surface area (Å²) in [5.74, 6) is 0.482. The largest absolute Gasteiger partial charge is 0.496 e. The fourth-order valence-corrected chi connectivity index (χ4v) is 3.10. The average Bonchev–Trinajstić information content (AvgIpc) is 2.81. The Morgan fingerprint density at radius 2 is 1.87 bits per heavy atom. The van der Waals surface area contributed by atoms with E-state index in [1.165, 1.54) is 0 Å². The molecule has 0 saturated heterocycles. The Bertz CT molecular complexity index is 1020. The van der Waals surface area contributed by atoms with Crippen LogP contribution in [0.25, 0.3) is 11.1 Å². The van der Waals surface area contributed by atoms with Crippen LogP contribution in [0.5, 0.6) is 5.75 Å². The van der Waals surface area contributed by atoms with Crippen molar-refractivity contribution in [1.29, 1.82) is 0 Å². The Morgan fingerprint density at radius 3 is 2.50 bits per heavy atom. The van der Waals surface area contributed by atoms with E-state index in [1.54, 1.807) is 43.6 Å². The van der Waals surface area contributed by atoms with Crippen molar-refractivity contribution < 1.29 is 14.3 Å². The SMILES string of the molecule is CCC(=O)N(C)c1ccc(-c2ccc(C(=O)NCc3cccnc3)cc2OC)cc1. The lowest BCUT2D eigenvalue weighted by Gasteiger charge is -2.17. The number of carbonyl (C=O) groups is 2. The van der Waals surface area contributed by atoms with Crippen LogP contribution in [0.3, 0.4) is 0 Å². The van der Waals surface area contributed by atoms with Gasteiger partial charge in [-0.15, -0.1) is 0 Å². The van der Waals surface area contributed by atoms with E-state index in [0.29, 0.717) is 24.3 Å². The molecule has 0 aliphatic heterocycles. The maximum atomic E-state index is 12.5. The first-order valence-electron chi connectivity index (χ1n) is 9.75. The van der Waals surface area contributed by atoms with Gasteiger partial charge in [-0.2, -0.15) is 0 Å². The summed E-state index contributed by atoms with van der Waals surface area (Å²) in [6, 6.07) is 16.8. The molecule has 1 aromatic heterocycles. The number of hydrogen-bond donors (Lipinski definition) is 1. The number of rotatable bonds is 7. The topological polar surface area (TPSA) is 71.5 Å². The highest BCUT2D eigenvalue weighted by molar-refractivity contribution is 5.96. The standard InChI is InChI=1S/C24H25N3O3/c1-4-23(28)27(2)20-10-7-18(8-11-20)21-12-9-19(14-22(21)30-3)24(29)26-16-17-6-5-13-25-15-17/h5-15H,4,16H2,1-3H3,(H,26,29). The van der Waals surface area contributed by atoms with Gasteiger partial charge in [0.1, 0.15) is 5.75 Å². The Hall–Kier alpha value is -3.67. The van der Waals surface area contributed by atoms with Crippen molar-refractivity contribution in [2.24, 2.45) is 0 Å². The van der Waals surface area contributed by atoms with Crippen LogP contribution in [0.4, 0.5) is 5.69 Å². The predicted molar refractivity (Wildman–Crippen MR) is 118 cm³/mol. The van der Waals surface area contributed by atoms with E-state index in [9.17, 15) is 9.59 Å². The second-order valence-corrected chi connectivity index (χ2v) is 6.81. The van der Waals surface area contributed by atoms with Gasteiger partial charge < -0.3 is 15.0 Å². The Morgan fingerprint density at radius 1 is 1.10 bits per heavy atom. The summed E-state index contributed by atoms with van der Waals surface area (Å²) >= 11 is 0. The summed E-state index contributed by atoms with van der Waals surface area (Å²) in [6.45, 7) is 2.24. The van der Waals surface area contributed by atoms with Crippen LogP contribution in [0.15, 0.2) is 67.0 Å². The monoisotopic (exact) mass is 403 g/mol. The first-order chi connectivity index (χ1) is 14.5. The Balaban J connectivity index is 1.77. The van der Waals surface area contributed by atoms with E-state index in [4.69, 9.17) is 4.74 Å². The Labute approximate surface area is 176 Å². The van der Waals surface area contributed by atoms with Gasteiger partial charge in [0.25, 0.3) is 5.91 Å². The van der Waals surface area contributed by atoms with E-state index in [-0.39, 0.29) is 11.8 Å². The molecule has 6 heteroatoms. The Kier molecular flexibility index (Phi) is 6.80. The third-order valence-electron chi connectivity index (χ3n) is 4.88. The van der Waals surface area contributed by atoms with Gasteiger partial charge in [0.2, 0.25) is 5.91 Å². The fraction of sp³-hybridized carbons (Fsp3) is 0.208. The number of nitrogens with zero attached hydrogens (tertiary/aromatic N) is 2. The van der Waals surface area contributed by atoms with Gasteiger partial charge in [-0.25, -0.2) is 0 Å². The van der Waals surface area contributed by atoms with Gasteiger partial charge in [0.15, 0.2) is 0 Å². The van der Waals surface area contributed by atoms with E-state index in [1.807, 2.05) is 49.4 Å². The molecule has 1 heterocycles. The van der Waals surface area contributed by atoms with E-state index in [2.05, 4.69) is 10.3 Å². The normalized spacial score (nSPS) is 10.4. The van der Waals surface area contributed by atoms with Gasteiger partial charge >= 0.3 is 0 Å². The molecular weight excluding hydrogens is 378 g/mol. The van der Waals surface area contributed by atoms with Crippen molar-refractivity contribution in [3.05, 3.63) is 78.1 Å². The van der Waals surface area contributed by atoms with Crippen LogP contribution >= 0.6 is 0 Å². The number of pyridine rings is 1. The molecule has 1 N–H and O–H groups in total. The second-order valence-electron chi connectivity index (χ2n) is 6.81. The predicted octanol–water partition coefficient (Wildman–Crippen LogP) is 4.06. The molecular formula is C24H25N3O3. The maximum absolute atomic E-state index is 12.5. The molecule has 0 bridgehead atoms. The molecule has 2 amide bonds. The van der Waals surface area contributed by atoms with E-state index in [0.717, 1.165) is 22.4 Å². The molecule has 0 aliphatic carbocycles. The molecule has 0 fully saturated rings. The quantitative estimate of drug-likeness (QED) is 0.646. The number of ether oxygens (including phenoxy) is 1. The molecule has 30 heavy (non-hydrogen) atoms. The van der Waals surface area contributed by atoms with Crippen LogP contribution in [-0.4, -0.2) is 31.0 Å². The molecule has 6 nitrogen and oxygen atoms in total. The first-order valence-corrected chi connectivity index (χ1v) is 9.75. The van der Waals surface area contributed by atoms with Crippen molar-refractivity contribution in [2.75, 3.05) is 19.1 Å². The zero-order chi connectivity index (χ0) is 21.5. The lowest BCUT2D eigenvalue weighted by atomic mass is 10.0. The molecule has 0 saturated carbocycles. The summed E-state index contributed by atoms with van der Waals surface area (Å²) in [5, 5.41) is 2.89. The summed E-state index contributed by atoms with van der Waals surface area (Å²) in [6.07, 6.45) is 3.87. The maximum Gasteiger partial charge on any atom is 0.251 e. The number of benzene rings is 2. The van der Waals surface area contributed by atoms with Crippen LogP contribution in [0.2, 0.25) is 0 Å². The fourth-order valence-electron chi connectivity index (χ4n) is 3.10. The summed E-state index contributed by atoms with van der Waals surface area (Å²) in [4.78, 5) is 30.1. The molecule has 0 atom stereocenters. The molecule has 0 radical (unpaired) electrons. The summed E-state index contributed by atoms with van der Waals surface area (Å²) in [7, 11) is 3.35. The number of amides is 2. The minimum Gasteiger partial charge on any atom is -0.496 e. The lowest BCUT2D eigenvalue weighted by Crippen LogP contribution is -2.24. The minimum atomic E-state index is -0.182.